The Kier molecular flexibility index (Phi) is 6.29. The molecule has 3 saturated heterocycles. The van der Waals surface area contributed by atoms with Crippen LogP contribution in [0.15, 0.2) is 0 Å². The maximum atomic E-state index is 2.76. The van der Waals surface area contributed by atoms with E-state index in [2.05, 4.69) is 35.5 Å². The van der Waals surface area contributed by atoms with Crippen molar-refractivity contribution in [1.29, 1.82) is 0 Å². The Balaban J connectivity index is 0.000000208. The minimum atomic E-state index is 0. The molecule has 0 aromatic heterocycles. The van der Waals surface area contributed by atoms with E-state index < -0.39 is 0 Å². The van der Waals surface area contributed by atoms with Crippen molar-refractivity contribution in [2.75, 3.05) is 13.1 Å². The van der Waals surface area contributed by atoms with Crippen molar-refractivity contribution >= 4 is 0 Å². The quantitative estimate of drug-likeness (QED) is 0.680. The molecule has 5 aliphatic rings. The fourth-order valence-electron chi connectivity index (χ4n) is 4.52. The largest absolute Gasteiger partial charge is 2.00 e. The van der Waals surface area contributed by atoms with Crippen LogP contribution in [0.2, 0.25) is 0 Å². The maximum Gasteiger partial charge on any atom is 2.00 e. The Bertz CT molecular complexity index is 311. The molecular weight excluding hydrogens is 312 g/mol. The van der Waals surface area contributed by atoms with Crippen molar-refractivity contribution < 1.29 is 17.1 Å². The first-order valence-electron chi connectivity index (χ1n) is 8.35. The first-order chi connectivity index (χ1) is 10.4. The van der Waals surface area contributed by atoms with Gasteiger partial charge in [-0.3, -0.25) is 9.80 Å². The Hall–Kier alpha value is 0.439. The monoisotopic (exact) mass is 336 g/mol. The number of rotatable bonds is 1. The van der Waals surface area contributed by atoms with Gasteiger partial charge in [-0.2, -0.15) is 0 Å². The summed E-state index contributed by atoms with van der Waals surface area (Å²) in [6.45, 7) is 2.63. The summed E-state index contributed by atoms with van der Waals surface area (Å²) in [6.07, 6.45) is 25.3. The van der Waals surface area contributed by atoms with Crippen LogP contribution in [0.3, 0.4) is 0 Å². The van der Waals surface area contributed by atoms with Crippen molar-refractivity contribution in [3.63, 3.8) is 0 Å². The summed E-state index contributed by atoms with van der Waals surface area (Å²) in [6, 6.07) is 1.73. The molecule has 116 valence electrons. The van der Waals surface area contributed by atoms with Gasteiger partial charge in [-0.15, -0.1) is 0 Å². The molecule has 3 heteroatoms. The van der Waals surface area contributed by atoms with E-state index in [0.717, 1.165) is 12.1 Å². The molecule has 5 rings (SSSR count). The molecule has 0 N–H and O–H groups in total. The molecule has 3 aliphatic heterocycles. The zero-order valence-corrected chi connectivity index (χ0v) is 14.0. The van der Waals surface area contributed by atoms with E-state index in [0.29, 0.717) is 6.17 Å². The van der Waals surface area contributed by atoms with Gasteiger partial charge in [0, 0.05) is 31.1 Å². The van der Waals surface area contributed by atoms with Crippen molar-refractivity contribution in [1.82, 2.24) is 9.80 Å². The van der Waals surface area contributed by atoms with Gasteiger partial charge in [0.05, 0.1) is 6.17 Å². The zero-order valence-electron chi connectivity index (χ0n) is 12.9. The molecule has 2 aliphatic carbocycles. The average Bonchev–Trinajstić information content (AvgIpc) is 3.28. The maximum absolute atomic E-state index is 2.76. The van der Waals surface area contributed by atoms with Gasteiger partial charge in [-0.05, 0) is 83.5 Å². The van der Waals surface area contributed by atoms with Gasteiger partial charge in [0.1, 0.15) is 0 Å². The predicted octanol–water partition coefficient (Wildman–Crippen LogP) is 2.68. The van der Waals surface area contributed by atoms with Gasteiger partial charge < -0.3 is 0 Å². The molecule has 0 spiro atoms. The van der Waals surface area contributed by atoms with Gasteiger partial charge in [-0.25, -0.2) is 0 Å². The van der Waals surface area contributed by atoms with E-state index in [1.165, 1.54) is 44.7 Å². The number of fused-ring (bicyclic) bond motifs is 3. The van der Waals surface area contributed by atoms with Gasteiger partial charge in [0.2, 0.25) is 0 Å². The summed E-state index contributed by atoms with van der Waals surface area (Å²) in [5.41, 5.74) is 0. The Labute approximate surface area is 147 Å². The third-order valence-corrected chi connectivity index (χ3v) is 5.30. The minimum absolute atomic E-state index is 0. The Morgan fingerprint density at radius 1 is 0.682 bits per heavy atom. The van der Waals surface area contributed by atoms with E-state index >= 15 is 0 Å². The summed E-state index contributed by atoms with van der Waals surface area (Å²) in [7, 11) is 0. The van der Waals surface area contributed by atoms with Crippen molar-refractivity contribution in [2.24, 2.45) is 0 Å². The topological polar surface area (TPSA) is 6.48 Å². The molecule has 22 heavy (non-hydrogen) atoms. The van der Waals surface area contributed by atoms with Crippen LogP contribution in [-0.2, 0) is 17.1 Å². The molecule has 3 heterocycles. The van der Waals surface area contributed by atoms with Crippen LogP contribution in [0, 0.1) is 63.7 Å². The molecule has 0 aromatic rings. The second-order valence-electron chi connectivity index (χ2n) is 6.45. The van der Waals surface area contributed by atoms with Gasteiger partial charge in [0.15, 0.2) is 0 Å². The summed E-state index contributed by atoms with van der Waals surface area (Å²) in [5.74, 6) is 1.52. The molecule has 0 bridgehead atoms. The molecule has 2 nitrogen and oxygen atoms in total. The van der Waals surface area contributed by atoms with Crippen LogP contribution in [0.1, 0.15) is 25.7 Å². The fraction of sp³-hybridized carbons (Fsp3) is 0.474. The molecule has 0 unspecified atom stereocenters. The third-order valence-electron chi connectivity index (χ3n) is 5.30. The van der Waals surface area contributed by atoms with Crippen LogP contribution in [0.5, 0.6) is 0 Å². The minimum Gasteiger partial charge on any atom is -0.283 e. The van der Waals surface area contributed by atoms with Gasteiger partial charge in [-0.1, -0.05) is 0 Å². The van der Waals surface area contributed by atoms with E-state index in [1.54, 1.807) is 0 Å². The second kappa shape index (κ2) is 8.01. The smallest absolute Gasteiger partial charge is 0.283 e. The number of nitrogens with zero attached hydrogens (tertiary/aromatic N) is 2. The predicted molar refractivity (Wildman–Crippen MR) is 85.2 cm³/mol. The van der Waals surface area contributed by atoms with E-state index in [-0.39, 0.29) is 17.1 Å². The first-order valence-corrected chi connectivity index (χ1v) is 8.35. The Morgan fingerprint density at radius 3 is 1.59 bits per heavy atom. The summed E-state index contributed by atoms with van der Waals surface area (Å²) in [4.78, 5) is 5.53. The molecule has 10 radical (unpaired) electrons. The summed E-state index contributed by atoms with van der Waals surface area (Å²) in [5, 5.41) is 0. The molecule has 2 atom stereocenters. The van der Waals surface area contributed by atoms with Crippen LogP contribution >= 0.6 is 0 Å². The normalized spacial score (nSPS) is 36.0. The van der Waals surface area contributed by atoms with Crippen LogP contribution in [-0.4, -0.2) is 41.1 Å². The summed E-state index contributed by atoms with van der Waals surface area (Å²) < 4.78 is 0. The van der Waals surface area contributed by atoms with E-state index in [9.17, 15) is 0 Å². The van der Waals surface area contributed by atoms with Crippen LogP contribution in [0.25, 0.3) is 0 Å². The van der Waals surface area contributed by atoms with Crippen molar-refractivity contribution in [3.05, 3.63) is 63.7 Å². The van der Waals surface area contributed by atoms with Crippen LogP contribution < -0.4 is 0 Å². The zero-order chi connectivity index (χ0) is 14.1. The van der Waals surface area contributed by atoms with Crippen LogP contribution in [0.4, 0.5) is 0 Å². The standard InChI is InChI=1S/C14H19N2.C5H5.Fe/c1-2-6-11(5-1)14-15-9-3-7-12(15)13-8-4-10-16(13)14;1-2-4-5-3-1;/h1-2,5-6,12-14H,3-4,7-10H2;1-5H;/q;;+2/t12-,13-;;/m1../s1. The fourth-order valence-corrected chi connectivity index (χ4v) is 4.52. The van der Waals surface area contributed by atoms with E-state index in [4.69, 9.17) is 0 Å². The third kappa shape index (κ3) is 3.29. The van der Waals surface area contributed by atoms with Gasteiger partial charge in [0.25, 0.3) is 0 Å². The average molecular weight is 336 g/mol. The summed E-state index contributed by atoms with van der Waals surface area (Å²) >= 11 is 0. The molecular formula is C19H24FeN2+2. The molecule has 2 saturated carbocycles. The van der Waals surface area contributed by atoms with Gasteiger partial charge >= 0.3 is 17.1 Å². The number of hydrogen-bond donors (Lipinski definition) is 0. The van der Waals surface area contributed by atoms with E-state index in [1.807, 2.05) is 32.1 Å². The SMILES string of the molecule is [CH]1[CH][CH][CH][CH]1.[CH]1[CH][CH][C](C2N3CCC[C@@H]3[C@H]3CCCN23)[CH]1.[Fe+2]. The Morgan fingerprint density at radius 2 is 1.14 bits per heavy atom. The number of hydrogen-bond acceptors (Lipinski definition) is 2. The van der Waals surface area contributed by atoms with Crippen molar-refractivity contribution in [2.45, 2.75) is 43.9 Å². The van der Waals surface area contributed by atoms with Crippen molar-refractivity contribution in [3.8, 4) is 0 Å². The molecule has 0 amide bonds. The molecule has 0 aromatic carbocycles. The molecule has 5 fully saturated rings. The second-order valence-corrected chi connectivity index (χ2v) is 6.45. The first kappa shape index (κ1) is 17.3.